The van der Waals surface area contributed by atoms with E-state index in [-0.39, 0.29) is 0 Å². The maximum absolute atomic E-state index is 11.4. The van der Waals surface area contributed by atoms with E-state index in [1.54, 1.807) is 0 Å². The number of hydrogen-bond acceptors (Lipinski definition) is 2. The Morgan fingerprint density at radius 3 is 1.86 bits per heavy atom. The van der Waals surface area contributed by atoms with E-state index in [4.69, 9.17) is 0 Å². The number of fused-ring (bicyclic) bond motifs is 3. The van der Waals surface area contributed by atoms with Gasteiger partial charge in [0.15, 0.2) is 0 Å². The Kier molecular flexibility index (Phi) is 8.58. The lowest BCUT2D eigenvalue weighted by Gasteiger charge is -2.27. The zero-order valence-electron chi connectivity index (χ0n) is 17.0. The average Bonchev–Trinajstić information content (AvgIpc) is 2.70. The molecule has 3 rings (SSSR count). The van der Waals surface area contributed by atoms with Crippen LogP contribution in [-0.4, -0.2) is 29.6 Å². The standard InChI is InChI=1S/C24H28Br3NO/c1-3-5-11-28(12-6-4-2)15-22(29)23-20-13-16(25)7-9-18(20)19-10-8-17(26)14-21(19)24(23)27/h7-10,13-14,22,29H,3-6,11-12,15H2,1-2H3. The van der Waals surface area contributed by atoms with Crippen molar-refractivity contribution in [3.8, 4) is 0 Å². The lowest BCUT2D eigenvalue weighted by Crippen LogP contribution is -2.31. The van der Waals surface area contributed by atoms with E-state index in [0.29, 0.717) is 6.54 Å². The fourth-order valence-electron chi connectivity index (χ4n) is 3.89. The van der Waals surface area contributed by atoms with Gasteiger partial charge in [-0.15, -0.1) is 0 Å². The third kappa shape index (κ3) is 5.43. The number of unbranched alkanes of at least 4 members (excludes halogenated alkanes) is 2. The lowest BCUT2D eigenvalue weighted by atomic mass is 9.94. The second-order valence-electron chi connectivity index (χ2n) is 7.63. The second kappa shape index (κ2) is 10.7. The molecule has 0 aromatic heterocycles. The van der Waals surface area contributed by atoms with Crippen molar-refractivity contribution in [3.63, 3.8) is 0 Å². The van der Waals surface area contributed by atoms with Crippen LogP contribution in [0.15, 0.2) is 49.8 Å². The molecule has 0 saturated carbocycles. The minimum Gasteiger partial charge on any atom is -0.387 e. The Bertz CT molecular complexity index is 981. The fourth-order valence-corrected chi connectivity index (χ4v) is 5.42. The summed E-state index contributed by atoms with van der Waals surface area (Å²) in [6.07, 6.45) is 4.10. The molecule has 0 bridgehead atoms. The number of aliphatic hydroxyl groups excluding tert-OH is 1. The highest BCUT2D eigenvalue weighted by atomic mass is 79.9. The molecule has 3 aromatic carbocycles. The minimum atomic E-state index is -0.557. The van der Waals surface area contributed by atoms with Crippen LogP contribution in [0.5, 0.6) is 0 Å². The topological polar surface area (TPSA) is 23.5 Å². The highest BCUT2D eigenvalue weighted by molar-refractivity contribution is 9.11. The molecule has 2 nitrogen and oxygen atoms in total. The zero-order valence-corrected chi connectivity index (χ0v) is 21.8. The summed E-state index contributed by atoms with van der Waals surface area (Å²) in [5.41, 5.74) is 0.977. The Labute approximate surface area is 199 Å². The zero-order chi connectivity index (χ0) is 21.0. The summed E-state index contributed by atoms with van der Waals surface area (Å²) in [4.78, 5) is 2.42. The van der Waals surface area contributed by atoms with Crippen LogP contribution in [0.1, 0.15) is 51.2 Å². The molecule has 1 unspecified atom stereocenters. The number of aliphatic hydroxyl groups is 1. The smallest absolute Gasteiger partial charge is 0.0934 e. The highest BCUT2D eigenvalue weighted by Gasteiger charge is 2.21. The summed E-state index contributed by atoms with van der Waals surface area (Å²) in [7, 11) is 0. The van der Waals surface area contributed by atoms with Crippen molar-refractivity contribution in [2.75, 3.05) is 19.6 Å². The highest BCUT2D eigenvalue weighted by Crippen LogP contribution is 2.41. The predicted octanol–water partition coefficient (Wildman–Crippen LogP) is 8.22. The van der Waals surface area contributed by atoms with Crippen molar-refractivity contribution in [1.82, 2.24) is 4.90 Å². The second-order valence-corrected chi connectivity index (χ2v) is 10.3. The van der Waals surface area contributed by atoms with E-state index in [0.717, 1.165) is 55.7 Å². The Morgan fingerprint density at radius 1 is 0.793 bits per heavy atom. The number of benzene rings is 3. The number of nitrogens with zero attached hydrogens (tertiary/aromatic N) is 1. The molecule has 0 fully saturated rings. The van der Waals surface area contributed by atoms with Crippen LogP contribution in [0.25, 0.3) is 21.5 Å². The largest absolute Gasteiger partial charge is 0.387 e. The van der Waals surface area contributed by atoms with E-state index in [2.05, 4.69) is 103 Å². The molecule has 0 heterocycles. The van der Waals surface area contributed by atoms with Gasteiger partial charge in [0.2, 0.25) is 0 Å². The van der Waals surface area contributed by atoms with Gasteiger partial charge in [0.05, 0.1) is 6.10 Å². The Morgan fingerprint density at radius 2 is 1.31 bits per heavy atom. The van der Waals surface area contributed by atoms with E-state index < -0.39 is 6.10 Å². The van der Waals surface area contributed by atoms with Gasteiger partial charge >= 0.3 is 0 Å². The van der Waals surface area contributed by atoms with Crippen LogP contribution in [0.4, 0.5) is 0 Å². The monoisotopic (exact) mass is 583 g/mol. The SMILES string of the molecule is CCCCN(CCCC)CC(O)c1c(Br)c2cc(Br)ccc2c2ccc(Br)cc12. The van der Waals surface area contributed by atoms with Gasteiger partial charge in [0, 0.05) is 25.5 Å². The molecule has 1 N–H and O–H groups in total. The molecule has 0 aliphatic carbocycles. The van der Waals surface area contributed by atoms with Crippen molar-refractivity contribution in [1.29, 1.82) is 0 Å². The molecule has 0 radical (unpaired) electrons. The molecule has 0 saturated heterocycles. The van der Waals surface area contributed by atoms with Crippen LogP contribution in [0.3, 0.4) is 0 Å². The molecular weight excluding hydrogens is 558 g/mol. The third-order valence-corrected chi connectivity index (χ3v) is 7.28. The van der Waals surface area contributed by atoms with Gasteiger partial charge in [-0.1, -0.05) is 70.7 Å². The molecule has 0 amide bonds. The van der Waals surface area contributed by atoms with Crippen molar-refractivity contribution in [2.45, 2.75) is 45.6 Å². The maximum atomic E-state index is 11.4. The molecule has 3 aromatic rings. The summed E-state index contributed by atoms with van der Waals surface area (Å²) in [6.45, 7) is 7.16. The van der Waals surface area contributed by atoms with Gasteiger partial charge in [-0.3, -0.25) is 0 Å². The van der Waals surface area contributed by atoms with Gasteiger partial charge in [0.25, 0.3) is 0 Å². The van der Waals surface area contributed by atoms with Crippen molar-refractivity contribution in [3.05, 3.63) is 55.4 Å². The van der Waals surface area contributed by atoms with Crippen molar-refractivity contribution in [2.24, 2.45) is 0 Å². The van der Waals surface area contributed by atoms with Gasteiger partial charge in [0.1, 0.15) is 0 Å². The van der Waals surface area contributed by atoms with E-state index >= 15 is 0 Å². The minimum absolute atomic E-state index is 0.557. The first-order chi connectivity index (χ1) is 14.0. The summed E-state index contributed by atoms with van der Waals surface area (Å²) in [5, 5.41) is 16.0. The van der Waals surface area contributed by atoms with Crippen LogP contribution in [0.2, 0.25) is 0 Å². The van der Waals surface area contributed by atoms with Crippen LogP contribution < -0.4 is 0 Å². The Hall–Kier alpha value is -0.460. The summed E-state index contributed by atoms with van der Waals surface area (Å²) in [5.74, 6) is 0. The van der Waals surface area contributed by atoms with Crippen LogP contribution in [0, 0.1) is 0 Å². The first-order valence-corrected chi connectivity index (χ1v) is 12.7. The molecule has 5 heteroatoms. The van der Waals surface area contributed by atoms with Crippen LogP contribution >= 0.6 is 47.8 Å². The molecule has 29 heavy (non-hydrogen) atoms. The molecular formula is C24H28Br3NO. The quantitative estimate of drug-likeness (QED) is 0.256. The Balaban J connectivity index is 2.10. The van der Waals surface area contributed by atoms with Gasteiger partial charge in [-0.05, 0) is 87.7 Å². The molecule has 0 spiro atoms. The summed E-state index contributed by atoms with van der Waals surface area (Å²) >= 11 is 11.1. The van der Waals surface area contributed by atoms with Gasteiger partial charge < -0.3 is 10.0 Å². The van der Waals surface area contributed by atoms with Gasteiger partial charge in [-0.2, -0.15) is 0 Å². The number of halogens is 3. The molecule has 156 valence electrons. The van der Waals surface area contributed by atoms with Crippen LogP contribution in [-0.2, 0) is 0 Å². The predicted molar refractivity (Wildman–Crippen MR) is 136 cm³/mol. The fraction of sp³-hybridized carbons (Fsp3) is 0.417. The van der Waals surface area contributed by atoms with Gasteiger partial charge in [-0.25, -0.2) is 0 Å². The number of rotatable bonds is 9. The first kappa shape index (κ1) is 23.2. The maximum Gasteiger partial charge on any atom is 0.0934 e. The summed E-state index contributed by atoms with van der Waals surface area (Å²) < 4.78 is 3.04. The first-order valence-electron chi connectivity index (χ1n) is 10.4. The normalized spacial score (nSPS) is 12.9. The number of hydrogen-bond donors (Lipinski definition) is 1. The van der Waals surface area contributed by atoms with Crippen molar-refractivity contribution >= 4 is 69.3 Å². The van der Waals surface area contributed by atoms with E-state index in [1.807, 2.05) is 0 Å². The third-order valence-electron chi connectivity index (χ3n) is 5.44. The summed E-state index contributed by atoms with van der Waals surface area (Å²) in [6, 6.07) is 12.7. The van der Waals surface area contributed by atoms with Crippen molar-refractivity contribution < 1.29 is 5.11 Å². The molecule has 1 atom stereocenters. The average molecular weight is 586 g/mol. The van der Waals surface area contributed by atoms with E-state index in [9.17, 15) is 5.11 Å². The lowest BCUT2D eigenvalue weighted by molar-refractivity contribution is 0.112. The molecule has 0 aliphatic rings. The molecule has 0 aliphatic heterocycles. The van der Waals surface area contributed by atoms with E-state index in [1.165, 1.54) is 23.6 Å².